The molecule has 6 nitrogen and oxygen atoms in total. The average Bonchev–Trinajstić information content (AvgIpc) is 2.67. The van der Waals surface area contributed by atoms with Gasteiger partial charge < -0.3 is 4.98 Å². The molecule has 0 saturated heterocycles. The average molecular weight is 386 g/mol. The van der Waals surface area contributed by atoms with Gasteiger partial charge in [0.15, 0.2) is 0 Å². The van der Waals surface area contributed by atoms with Crippen molar-refractivity contribution in [1.82, 2.24) is 15.4 Å². The molecule has 0 saturated carbocycles. The molecule has 0 unspecified atom stereocenters. The minimum Gasteiger partial charge on any atom is -0.301 e. The van der Waals surface area contributed by atoms with Gasteiger partial charge in [-0.25, -0.2) is 10.2 Å². The lowest BCUT2D eigenvalue weighted by atomic mass is 10.1. The number of carbonyl (C=O) groups is 1. The number of hydrazone groups is 1. The van der Waals surface area contributed by atoms with Gasteiger partial charge in [-0.15, -0.1) is 0 Å². The van der Waals surface area contributed by atoms with Gasteiger partial charge in [0.1, 0.15) is 5.69 Å². The molecule has 3 rings (SSSR count). The highest BCUT2D eigenvalue weighted by Crippen LogP contribution is 2.31. The van der Waals surface area contributed by atoms with Gasteiger partial charge in [-0.3, -0.25) is 4.79 Å². The Kier molecular flexibility index (Phi) is 5.35. The predicted octanol–water partition coefficient (Wildman–Crippen LogP) is 3.22. The second kappa shape index (κ2) is 7.87. The summed E-state index contributed by atoms with van der Waals surface area (Å²) in [5.41, 5.74) is 1.06. The molecule has 2 aromatic carbocycles. The number of nitrogens with one attached hydrogen (secondary N) is 2. The van der Waals surface area contributed by atoms with E-state index in [0.717, 1.165) is 12.3 Å². The lowest BCUT2D eigenvalue weighted by molar-refractivity contribution is -0.137. The van der Waals surface area contributed by atoms with Gasteiger partial charge in [0, 0.05) is 11.1 Å². The third-order valence-corrected chi connectivity index (χ3v) is 3.69. The second-order valence-electron chi connectivity index (χ2n) is 5.64. The summed E-state index contributed by atoms with van der Waals surface area (Å²) in [6, 6.07) is 14.9. The van der Waals surface area contributed by atoms with Crippen LogP contribution in [0.4, 0.5) is 13.2 Å². The SMILES string of the molecule is O=C(N/N=C/c1ccccc1C(F)(F)F)c1cc(-c2ccccc2)nc(=O)[nH]1. The summed E-state index contributed by atoms with van der Waals surface area (Å²) in [4.78, 5) is 30.0. The van der Waals surface area contributed by atoms with E-state index in [1.165, 1.54) is 24.3 Å². The fraction of sp³-hybridized carbons (Fsp3) is 0.0526. The highest BCUT2D eigenvalue weighted by atomic mass is 19.4. The normalized spacial score (nSPS) is 11.5. The van der Waals surface area contributed by atoms with Crippen molar-refractivity contribution in [3.05, 3.63) is 88.0 Å². The molecule has 1 aromatic heterocycles. The zero-order valence-electron chi connectivity index (χ0n) is 14.2. The zero-order valence-corrected chi connectivity index (χ0v) is 14.2. The Hall–Kier alpha value is -3.75. The minimum atomic E-state index is -4.55. The predicted molar refractivity (Wildman–Crippen MR) is 96.8 cm³/mol. The van der Waals surface area contributed by atoms with E-state index in [1.807, 2.05) is 0 Å². The molecule has 0 aliphatic carbocycles. The van der Waals surface area contributed by atoms with Crippen LogP contribution in [-0.4, -0.2) is 22.1 Å². The van der Waals surface area contributed by atoms with E-state index in [-0.39, 0.29) is 17.0 Å². The molecule has 0 fully saturated rings. The molecule has 3 aromatic rings. The van der Waals surface area contributed by atoms with Crippen LogP contribution in [-0.2, 0) is 6.18 Å². The van der Waals surface area contributed by atoms with Crippen LogP contribution in [0.1, 0.15) is 21.6 Å². The van der Waals surface area contributed by atoms with Gasteiger partial charge in [0.05, 0.1) is 17.5 Å². The van der Waals surface area contributed by atoms with Crippen molar-refractivity contribution >= 4 is 12.1 Å². The summed E-state index contributed by atoms with van der Waals surface area (Å²) >= 11 is 0. The molecule has 9 heteroatoms. The van der Waals surface area contributed by atoms with Crippen LogP contribution >= 0.6 is 0 Å². The number of alkyl halides is 3. The molecule has 0 aliphatic heterocycles. The lowest BCUT2D eigenvalue weighted by Crippen LogP contribution is -2.24. The molecule has 0 spiro atoms. The Labute approximate surface area is 156 Å². The molecule has 0 atom stereocenters. The van der Waals surface area contributed by atoms with Crippen molar-refractivity contribution in [2.24, 2.45) is 5.10 Å². The molecule has 1 amide bonds. The first-order chi connectivity index (χ1) is 13.3. The standard InChI is InChI=1S/C19H13F3N4O2/c20-19(21,22)14-9-5-4-8-13(14)11-23-26-17(27)16-10-15(24-18(28)25-16)12-6-2-1-3-7-12/h1-11H,(H,26,27)(H,24,25,28)/b23-11+. The third-order valence-electron chi connectivity index (χ3n) is 3.69. The van der Waals surface area contributed by atoms with Crippen LogP contribution in [0.25, 0.3) is 11.3 Å². The van der Waals surface area contributed by atoms with Crippen molar-refractivity contribution in [3.63, 3.8) is 0 Å². The third kappa shape index (κ3) is 4.50. The number of hydrogen-bond acceptors (Lipinski definition) is 4. The first-order valence-corrected chi connectivity index (χ1v) is 8.01. The number of rotatable bonds is 4. The molecule has 0 bridgehead atoms. The van der Waals surface area contributed by atoms with Crippen LogP contribution in [0.3, 0.4) is 0 Å². The van der Waals surface area contributed by atoms with E-state index in [9.17, 15) is 22.8 Å². The maximum Gasteiger partial charge on any atom is 0.417 e. The van der Waals surface area contributed by atoms with Crippen molar-refractivity contribution < 1.29 is 18.0 Å². The fourth-order valence-electron chi connectivity index (χ4n) is 2.43. The Morgan fingerprint density at radius 3 is 2.46 bits per heavy atom. The highest BCUT2D eigenvalue weighted by molar-refractivity contribution is 5.94. The molecule has 28 heavy (non-hydrogen) atoms. The Morgan fingerprint density at radius 2 is 1.75 bits per heavy atom. The van der Waals surface area contributed by atoms with Gasteiger partial charge in [-0.1, -0.05) is 48.5 Å². The molecule has 0 aliphatic rings. The Balaban J connectivity index is 1.81. The van der Waals surface area contributed by atoms with Crippen LogP contribution in [0.2, 0.25) is 0 Å². The van der Waals surface area contributed by atoms with Gasteiger partial charge in [0.2, 0.25) is 0 Å². The summed E-state index contributed by atoms with van der Waals surface area (Å²) in [6.45, 7) is 0. The van der Waals surface area contributed by atoms with E-state index in [2.05, 4.69) is 20.5 Å². The number of H-pyrrole nitrogens is 1. The van der Waals surface area contributed by atoms with Crippen molar-refractivity contribution in [2.45, 2.75) is 6.18 Å². The van der Waals surface area contributed by atoms with E-state index in [1.54, 1.807) is 30.3 Å². The van der Waals surface area contributed by atoms with Gasteiger partial charge >= 0.3 is 11.9 Å². The van der Waals surface area contributed by atoms with Crippen LogP contribution in [0.15, 0.2) is 70.6 Å². The maximum absolute atomic E-state index is 13.0. The van der Waals surface area contributed by atoms with Gasteiger partial charge in [-0.2, -0.15) is 23.3 Å². The molecular weight excluding hydrogens is 373 g/mol. The number of nitrogens with zero attached hydrogens (tertiary/aromatic N) is 2. The number of benzene rings is 2. The van der Waals surface area contributed by atoms with Crippen LogP contribution in [0, 0.1) is 0 Å². The van der Waals surface area contributed by atoms with Crippen molar-refractivity contribution in [2.75, 3.05) is 0 Å². The quantitative estimate of drug-likeness (QED) is 0.533. The van der Waals surface area contributed by atoms with Crippen molar-refractivity contribution in [3.8, 4) is 11.3 Å². The Morgan fingerprint density at radius 1 is 1.07 bits per heavy atom. The fourth-order valence-corrected chi connectivity index (χ4v) is 2.43. The largest absolute Gasteiger partial charge is 0.417 e. The summed E-state index contributed by atoms with van der Waals surface area (Å²) in [6.07, 6.45) is -3.66. The molecule has 0 radical (unpaired) electrons. The lowest BCUT2D eigenvalue weighted by Gasteiger charge is -2.09. The smallest absolute Gasteiger partial charge is 0.301 e. The van der Waals surface area contributed by atoms with Crippen LogP contribution in [0.5, 0.6) is 0 Å². The number of aromatic amines is 1. The number of halogens is 3. The number of aromatic nitrogens is 2. The van der Waals surface area contributed by atoms with E-state index in [4.69, 9.17) is 0 Å². The maximum atomic E-state index is 13.0. The molecule has 2 N–H and O–H groups in total. The monoisotopic (exact) mass is 386 g/mol. The number of carbonyl (C=O) groups excluding carboxylic acids is 1. The minimum absolute atomic E-state index is 0.125. The number of hydrogen-bond donors (Lipinski definition) is 2. The Bertz CT molecular complexity index is 1080. The first kappa shape index (κ1) is 19.0. The van der Waals surface area contributed by atoms with Gasteiger partial charge in [-0.05, 0) is 12.1 Å². The topological polar surface area (TPSA) is 87.2 Å². The first-order valence-electron chi connectivity index (χ1n) is 8.01. The van der Waals surface area contributed by atoms with Gasteiger partial charge in [0.25, 0.3) is 5.91 Å². The summed E-state index contributed by atoms with van der Waals surface area (Å²) in [5.74, 6) is -0.794. The zero-order chi connectivity index (χ0) is 20.1. The summed E-state index contributed by atoms with van der Waals surface area (Å²) < 4.78 is 38.9. The number of amides is 1. The molecule has 142 valence electrons. The van der Waals surface area contributed by atoms with E-state index in [0.29, 0.717) is 5.56 Å². The van der Waals surface area contributed by atoms with E-state index >= 15 is 0 Å². The van der Waals surface area contributed by atoms with E-state index < -0.39 is 23.3 Å². The van der Waals surface area contributed by atoms with Crippen LogP contribution < -0.4 is 11.1 Å². The second-order valence-corrected chi connectivity index (χ2v) is 5.64. The molecular formula is C19H13F3N4O2. The highest BCUT2D eigenvalue weighted by Gasteiger charge is 2.32. The molecule has 1 heterocycles. The summed E-state index contributed by atoms with van der Waals surface area (Å²) in [7, 11) is 0. The van der Waals surface area contributed by atoms with Crippen molar-refractivity contribution in [1.29, 1.82) is 0 Å². The summed E-state index contributed by atoms with van der Waals surface area (Å²) in [5, 5.41) is 3.56.